The third-order valence-corrected chi connectivity index (χ3v) is 13.5. The molecule has 2 aliphatic heterocycles. The predicted octanol–water partition coefficient (Wildman–Crippen LogP) is 5.02. The molecule has 2 nitrogen and oxygen atoms in total. The topological polar surface area (TPSA) is 16.1 Å². The third kappa shape index (κ3) is 3.88. The average molecular weight is 375 g/mol. The van der Waals surface area contributed by atoms with E-state index in [2.05, 4.69) is 43.7 Å². The molecule has 0 amide bonds. The van der Waals surface area contributed by atoms with Crippen LogP contribution in [-0.2, 0) is 6.42 Å². The molecule has 0 aromatic carbocycles. The molecule has 3 unspecified atom stereocenters. The zero-order chi connectivity index (χ0) is 18.1. The first-order chi connectivity index (χ1) is 12.6. The van der Waals surface area contributed by atoms with Gasteiger partial charge in [0.25, 0.3) is 0 Å². The van der Waals surface area contributed by atoms with Gasteiger partial charge in [-0.25, -0.2) is 0 Å². The summed E-state index contributed by atoms with van der Waals surface area (Å²) in [6, 6.07) is 4.52. The summed E-state index contributed by atoms with van der Waals surface area (Å²) in [5, 5.41) is 0. The van der Waals surface area contributed by atoms with Crippen molar-refractivity contribution in [2.45, 2.75) is 63.9 Å². The van der Waals surface area contributed by atoms with Crippen molar-refractivity contribution in [1.29, 1.82) is 0 Å². The molecule has 26 heavy (non-hydrogen) atoms. The van der Waals surface area contributed by atoms with Crippen LogP contribution in [-0.4, -0.2) is 54.2 Å². The maximum absolute atomic E-state index is 4.73. The molecule has 0 radical (unpaired) electrons. The zero-order valence-corrected chi connectivity index (χ0v) is 18.2. The summed E-state index contributed by atoms with van der Waals surface area (Å²) in [4.78, 5) is 7.50. The molecule has 1 aromatic heterocycles. The normalized spacial score (nSPS) is 31.7. The van der Waals surface area contributed by atoms with Crippen molar-refractivity contribution in [3.05, 3.63) is 29.6 Å². The standard InChI is InChI=1S/C23H39N2P/c1-4-19-10-11-23(24-12-19)18(2)13-25-14-20-16-26(3,17-21(20)15-25)22-8-6-5-7-9-22/h10-12,18,20-22,26H,4-9,13-17H2,1-3H3. The number of hydrogen-bond donors (Lipinski definition) is 0. The van der Waals surface area contributed by atoms with E-state index in [1.807, 2.05) is 0 Å². The summed E-state index contributed by atoms with van der Waals surface area (Å²) in [5.74, 6) is 2.61. The fourth-order valence-corrected chi connectivity index (χ4v) is 12.4. The summed E-state index contributed by atoms with van der Waals surface area (Å²) in [6.45, 7) is 11.3. The van der Waals surface area contributed by atoms with Gasteiger partial charge < -0.3 is 0 Å². The van der Waals surface area contributed by atoms with Crippen LogP contribution in [0.3, 0.4) is 0 Å². The van der Waals surface area contributed by atoms with E-state index in [1.165, 1.54) is 50.2 Å². The van der Waals surface area contributed by atoms with Crippen molar-refractivity contribution in [2.75, 3.05) is 38.6 Å². The van der Waals surface area contributed by atoms with E-state index < -0.39 is 7.26 Å². The summed E-state index contributed by atoms with van der Waals surface area (Å²) >= 11 is 0. The van der Waals surface area contributed by atoms with Gasteiger partial charge in [0, 0.05) is 0 Å². The molecule has 0 spiro atoms. The number of rotatable bonds is 5. The summed E-state index contributed by atoms with van der Waals surface area (Å²) < 4.78 is 0. The van der Waals surface area contributed by atoms with Crippen LogP contribution in [0.1, 0.15) is 63.1 Å². The molecule has 3 heteroatoms. The van der Waals surface area contributed by atoms with Crippen molar-refractivity contribution in [2.24, 2.45) is 11.8 Å². The first-order valence-electron chi connectivity index (χ1n) is 11.2. The van der Waals surface area contributed by atoms with Crippen molar-refractivity contribution in [3.63, 3.8) is 0 Å². The van der Waals surface area contributed by atoms with E-state index in [-0.39, 0.29) is 0 Å². The van der Waals surface area contributed by atoms with Gasteiger partial charge in [0.1, 0.15) is 0 Å². The Balaban J connectivity index is 1.31. The van der Waals surface area contributed by atoms with Crippen LogP contribution in [0, 0.1) is 11.8 Å². The van der Waals surface area contributed by atoms with Crippen LogP contribution in [0.5, 0.6) is 0 Å². The molecule has 3 aliphatic rings. The Bertz CT molecular complexity index is 579. The van der Waals surface area contributed by atoms with Gasteiger partial charge in [-0.15, -0.1) is 0 Å². The Morgan fingerprint density at radius 1 is 1.12 bits per heavy atom. The first kappa shape index (κ1) is 18.9. The Morgan fingerprint density at radius 3 is 2.38 bits per heavy atom. The molecular weight excluding hydrogens is 335 g/mol. The summed E-state index contributed by atoms with van der Waals surface area (Å²) in [6.07, 6.45) is 14.1. The Labute approximate surface area is 161 Å². The van der Waals surface area contributed by atoms with Gasteiger partial charge in [-0.1, -0.05) is 0 Å². The Hall–Kier alpha value is -0.460. The number of nitrogens with zero attached hydrogens (tertiary/aromatic N) is 2. The van der Waals surface area contributed by atoms with Crippen molar-refractivity contribution >= 4 is 7.26 Å². The molecular formula is C23H39N2P. The summed E-state index contributed by atoms with van der Waals surface area (Å²) in [7, 11) is -0.964. The number of aromatic nitrogens is 1. The van der Waals surface area contributed by atoms with Crippen LogP contribution < -0.4 is 0 Å². The number of pyridine rings is 1. The second-order valence-corrected chi connectivity index (χ2v) is 14.9. The molecule has 146 valence electrons. The predicted molar refractivity (Wildman–Crippen MR) is 116 cm³/mol. The third-order valence-electron chi connectivity index (χ3n) is 7.99. The van der Waals surface area contributed by atoms with Crippen LogP contribution >= 0.6 is 7.26 Å². The van der Waals surface area contributed by atoms with Crippen molar-refractivity contribution in [1.82, 2.24) is 9.88 Å². The molecule has 4 rings (SSSR count). The van der Waals surface area contributed by atoms with Gasteiger partial charge in [-0.3, -0.25) is 0 Å². The number of likely N-dealkylation sites (tertiary alicyclic amines) is 1. The molecule has 1 aliphatic carbocycles. The van der Waals surface area contributed by atoms with Crippen LogP contribution in [0.2, 0.25) is 0 Å². The maximum atomic E-state index is 4.73. The van der Waals surface area contributed by atoms with E-state index in [0.717, 1.165) is 23.9 Å². The average Bonchev–Trinajstić information content (AvgIpc) is 3.17. The zero-order valence-electron chi connectivity index (χ0n) is 17.2. The second-order valence-electron chi connectivity index (χ2n) is 9.98. The van der Waals surface area contributed by atoms with Gasteiger partial charge in [-0.05, 0) is 0 Å². The van der Waals surface area contributed by atoms with Crippen molar-refractivity contribution in [3.8, 4) is 0 Å². The molecule has 1 aromatic rings. The molecule has 0 N–H and O–H groups in total. The fraction of sp³-hybridized carbons (Fsp3) is 0.783. The molecule has 3 fully saturated rings. The molecule has 3 atom stereocenters. The van der Waals surface area contributed by atoms with Gasteiger partial charge >= 0.3 is 161 Å². The van der Waals surface area contributed by atoms with Crippen molar-refractivity contribution < 1.29 is 0 Å². The minimum absolute atomic E-state index is 0.557. The summed E-state index contributed by atoms with van der Waals surface area (Å²) in [5.41, 5.74) is 3.79. The van der Waals surface area contributed by atoms with E-state index in [9.17, 15) is 0 Å². The number of aryl methyl sites for hydroxylation is 1. The minimum atomic E-state index is -0.964. The van der Waals surface area contributed by atoms with Crippen LogP contribution in [0.15, 0.2) is 18.3 Å². The van der Waals surface area contributed by atoms with E-state index >= 15 is 0 Å². The second kappa shape index (κ2) is 7.88. The van der Waals surface area contributed by atoms with Crippen LogP contribution in [0.4, 0.5) is 0 Å². The van der Waals surface area contributed by atoms with E-state index in [4.69, 9.17) is 4.98 Å². The first-order valence-corrected chi connectivity index (χ1v) is 14.2. The fourth-order valence-electron chi connectivity index (χ4n) is 6.48. The van der Waals surface area contributed by atoms with E-state index in [0.29, 0.717) is 5.92 Å². The monoisotopic (exact) mass is 374 g/mol. The van der Waals surface area contributed by atoms with E-state index in [1.54, 1.807) is 25.2 Å². The van der Waals surface area contributed by atoms with Gasteiger partial charge in [0.2, 0.25) is 0 Å². The molecule has 0 bridgehead atoms. The Kier molecular flexibility index (Phi) is 5.72. The Morgan fingerprint density at radius 2 is 1.81 bits per heavy atom. The van der Waals surface area contributed by atoms with Gasteiger partial charge in [0.05, 0.1) is 0 Å². The molecule has 3 heterocycles. The SMILES string of the molecule is CCc1ccc(C(C)CN2CC3C[PH](C)(C4CCCCC4)CC3C2)nc1. The van der Waals surface area contributed by atoms with Crippen LogP contribution in [0.25, 0.3) is 0 Å². The number of fused-ring (bicyclic) bond motifs is 1. The molecule has 2 saturated heterocycles. The quantitative estimate of drug-likeness (QED) is 0.673. The molecule has 1 saturated carbocycles. The van der Waals surface area contributed by atoms with Gasteiger partial charge in [0.15, 0.2) is 0 Å². The number of hydrogen-bond acceptors (Lipinski definition) is 2. The van der Waals surface area contributed by atoms with Gasteiger partial charge in [-0.2, -0.15) is 0 Å².